The molecule has 0 spiro atoms. The molecule has 0 fully saturated rings. The molecule has 2 N–H and O–H groups in total. The van der Waals surface area contributed by atoms with E-state index in [1.807, 2.05) is 48.5 Å². The third kappa shape index (κ3) is 5.31. The summed E-state index contributed by atoms with van der Waals surface area (Å²) in [5.74, 6) is 1.02. The summed E-state index contributed by atoms with van der Waals surface area (Å²) >= 11 is 0. The molecule has 0 saturated heterocycles. The highest BCUT2D eigenvalue weighted by atomic mass is 15.0. The van der Waals surface area contributed by atoms with Gasteiger partial charge in [0.15, 0.2) is 5.84 Å². The summed E-state index contributed by atoms with van der Waals surface area (Å²) < 4.78 is 4.61. The average Bonchev–Trinajstić information content (AvgIpc) is 3.74. The molecule has 0 bridgehead atoms. The lowest BCUT2D eigenvalue weighted by atomic mass is 10.0. The minimum Gasteiger partial charge on any atom is -0.383 e. The molecule has 0 unspecified atom stereocenters. The lowest BCUT2D eigenvalue weighted by Crippen LogP contribution is -2.16. The smallest absolute Gasteiger partial charge is 0.157 e. The third-order valence-electron chi connectivity index (χ3n) is 9.39. The fourth-order valence-electron chi connectivity index (χ4n) is 6.95. The lowest BCUT2D eigenvalue weighted by molar-refractivity contribution is 1.06. The van der Waals surface area contributed by atoms with Crippen LogP contribution in [0.25, 0.3) is 54.9 Å². The van der Waals surface area contributed by atoms with Gasteiger partial charge in [0.2, 0.25) is 0 Å². The van der Waals surface area contributed by atoms with E-state index in [9.17, 15) is 0 Å². The van der Waals surface area contributed by atoms with Gasteiger partial charge in [-0.25, -0.2) is 4.99 Å². The Morgan fingerprint density at radius 1 is 0.500 bits per heavy atom. The molecule has 0 aliphatic rings. The first-order valence-electron chi connectivity index (χ1n) is 16.8. The second kappa shape index (κ2) is 12.4. The highest BCUT2D eigenvalue weighted by Gasteiger charge is 2.16. The van der Waals surface area contributed by atoms with Crippen molar-refractivity contribution >= 4 is 55.2 Å². The maximum Gasteiger partial charge on any atom is 0.157 e. The number of amidine groups is 2. The summed E-state index contributed by atoms with van der Waals surface area (Å²) in [4.78, 5) is 9.92. The minimum atomic E-state index is 0.428. The summed E-state index contributed by atoms with van der Waals surface area (Å²) in [5.41, 5.74) is 15.1. The van der Waals surface area contributed by atoms with Gasteiger partial charge in [0.05, 0.1) is 23.1 Å². The topological polar surface area (TPSA) is 60.6 Å². The monoisotopic (exact) mass is 643 g/mol. The summed E-state index contributed by atoms with van der Waals surface area (Å²) in [6, 6.07) is 59.2. The van der Waals surface area contributed by atoms with E-state index in [0.717, 1.165) is 39.1 Å². The molecule has 0 saturated carbocycles. The van der Waals surface area contributed by atoms with Gasteiger partial charge >= 0.3 is 0 Å². The number of nitrogens with two attached hydrogens (primary N) is 1. The second-order valence-corrected chi connectivity index (χ2v) is 12.5. The van der Waals surface area contributed by atoms with E-state index >= 15 is 0 Å². The van der Waals surface area contributed by atoms with Crippen LogP contribution in [0.2, 0.25) is 0 Å². The zero-order chi connectivity index (χ0) is 33.4. The van der Waals surface area contributed by atoms with Crippen molar-refractivity contribution in [2.75, 3.05) is 0 Å². The van der Waals surface area contributed by atoms with Crippen molar-refractivity contribution in [1.82, 2.24) is 9.13 Å². The number of rotatable bonds is 6. The first-order valence-corrected chi connectivity index (χ1v) is 16.8. The van der Waals surface area contributed by atoms with Crippen LogP contribution >= 0.6 is 0 Å². The number of aromatic nitrogens is 2. The molecule has 238 valence electrons. The molecule has 0 radical (unpaired) electrons. The zero-order valence-corrected chi connectivity index (χ0v) is 27.3. The standard InChI is InChI=1S/C45H33N5/c46-44(32-15-6-2-7-16-32)48-45(47-30-31-13-4-1-5-14-31)34-17-12-20-38(26-34)50-41-22-11-10-21-39(41)40-27-35-25-33-23-24-49(37-18-8-3-9-19-37)42(33)28-36(35)29-43(40)50/h1-29H,30H2,(H2,46,47,48). The van der Waals surface area contributed by atoms with Gasteiger partial charge in [-0.1, -0.05) is 109 Å². The molecule has 9 rings (SSSR count). The average molecular weight is 644 g/mol. The van der Waals surface area contributed by atoms with Crippen LogP contribution in [-0.4, -0.2) is 20.8 Å². The quantitative estimate of drug-likeness (QED) is 0.142. The van der Waals surface area contributed by atoms with Gasteiger partial charge in [0, 0.05) is 44.9 Å². The van der Waals surface area contributed by atoms with Gasteiger partial charge in [-0.3, -0.25) is 4.99 Å². The van der Waals surface area contributed by atoms with Gasteiger partial charge in [-0.05, 0) is 77.0 Å². The first kappa shape index (κ1) is 29.4. The number of aliphatic imine (C=N–C) groups is 2. The Morgan fingerprint density at radius 3 is 1.98 bits per heavy atom. The molecule has 2 aromatic heterocycles. The van der Waals surface area contributed by atoms with Crippen LogP contribution in [0.4, 0.5) is 0 Å². The molecule has 0 amide bonds. The third-order valence-corrected chi connectivity index (χ3v) is 9.39. The van der Waals surface area contributed by atoms with Crippen LogP contribution in [0.1, 0.15) is 16.7 Å². The van der Waals surface area contributed by atoms with Crippen molar-refractivity contribution in [3.05, 3.63) is 193 Å². The molecular formula is C45H33N5. The fourth-order valence-corrected chi connectivity index (χ4v) is 6.95. The van der Waals surface area contributed by atoms with E-state index in [1.165, 1.54) is 32.4 Å². The van der Waals surface area contributed by atoms with Gasteiger partial charge in [-0.15, -0.1) is 0 Å². The van der Waals surface area contributed by atoms with Gasteiger partial charge in [0.1, 0.15) is 5.84 Å². The number of hydrogen-bond donors (Lipinski definition) is 1. The second-order valence-electron chi connectivity index (χ2n) is 12.5. The van der Waals surface area contributed by atoms with Crippen molar-refractivity contribution in [1.29, 1.82) is 0 Å². The Bertz CT molecular complexity index is 2720. The van der Waals surface area contributed by atoms with Gasteiger partial charge in [-0.2, -0.15) is 0 Å². The van der Waals surface area contributed by atoms with Crippen LogP contribution < -0.4 is 5.73 Å². The van der Waals surface area contributed by atoms with Crippen LogP contribution in [0.3, 0.4) is 0 Å². The van der Waals surface area contributed by atoms with Gasteiger partial charge in [0.25, 0.3) is 0 Å². The number of nitrogens with zero attached hydrogens (tertiary/aromatic N) is 4. The molecule has 0 aliphatic heterocycles. The minimum absolute atomic E-state index is 0.428. The van der Waals surface area contributed by atoms with E-state index in [4.69, 9.17) is 15.7 Å². The molecule has 0 aliphatic carbocycles. The van der Waals surface area contributed by atoms with Crippen LogP contribution in [0.15, 0.2) is 186 Å². The Morgan fingerprint density at radius 2 is 1.16 bits per heavy atom. The Labute approximate surface area is 289 Å². The van der Waals surface area contributed by atoms with Crippen molar-refractivity contribution in [2.45, 2.75) is 6.54 Å². The molecule has 9 aromatic rings. The van der Waals surface area contributed by atoms with E-state index in [1.54, 1.807) is 0 Å². The van der Waals surface area contributed by atoms with E-state index in [-0.39, 0.29) is 0 Å². The van der Waals surface area contributed by atoms with E-state index in [2.05, 4.69) is 137 Å². The zero-order valence-electron chi connectivity index (χ0n) is 27.3. The predicted molar refractivity (Wildman–Crippen MR) is 209 cm³/mol. The first-order chi connectivity index (χ1) is 24.7. The molecule has 5 heteroatoms. The van der Waals surface area contributed by atoms with Crippen molar-refractivity contribution in [3.8, 4) is 11.4 Å². The highest BCUT2D eigenvalue weighted by Crippen LogP contribution is 2.36. The van der Waals surface area contributed by atoms with Crippen molar-refractivity contribution in [2.24, 2.45) is 15.7 Å². The number of fused-ring (bicyclic) bond motifs is 5. The summed E-state index contributed by atoms with van der Waals surface area (Å²) in [7, 11) is 0. The fraction of sp³-hybridized carbons (Fsp3) is 0.0222. The van der Waals surface area contributed by atoms with E-state index in [0.29, 0.717) is 18.2 Å². The number of para-hydroxylation sites is 2. The summed E-state index contributed by atoms with van der Waals surface area (Å²) in [6.07, 6.45) is 2.16. The van der Waals surface area contributed by atoms with E-state index < -0.39 is 0 Å². The molecule has 5 nitrogen and oxygen atoms in total. The van der Waals surface area contributed by atoms with Crippen molar-refractivity contribution in [3.63, 3.8) is 0 Å². The number of benzene rings is 7. The maximum atomic E-state index is 6.58. The lowest BCUT2D eigenvalue weighted by Gasteiger charge is -2.12. The summed E-state index contributed by atoms with van der Waals surface area (Å²) in [6.45, 7) is 0.493. The SMILES string of the molecule is NC(=NC(=NCc1ccccc1)c1cccc(-n2c3ccccc3c3cc4cc5ccn(-c6ccccc6)c5cc4cc32)c1)c1ccccc1. The molecular weight excluding hydrogens is 611 g/mol. The predicted octanol–water partition coefficient (Wildman–Crippen LogP) is 10.2. The largest absolute Gasteiger partial charge is 0.383 e. The normalized spacial score (nSPS) is 12.4. The van der Waals surface area contributed by atoms with Crippen LogP contribution in [-0.2, 0) is 6.54 Å². The van der Waals surface area contributed by atoms with Gasteiger partial charge < -0.3 is 14.9 Å². The summed E-state index contributed by atoms with van der Waals surface area (Å²) in [5, 5.41) is 6.04. The van der Waals surface area contributed by atoms with Crippen LogP contribution in [0, 0.1) is 0 Å². The maximum absolute atomic E-state index is 6.58. The molecule has 0 atom stereocenters. The molecule has 2 heterocycles. The molecule has 50 heavy (non-hydrogen) atoms. The van der Waals surface area contributed by atoms with Crippen molar-refractivity contribution < 1.29 is 0 Å². The number of hydrogen-bond acceptors (Lipinski definition) is 1. The Balaban J connectivity index is 1.22. The Kier molecular flexibility index (Phi) is 7.29. The van der Waals surface area contributed by atoms with Crippen LogP contribution in [0.5, 0.6) is 0 Å². The highest BCUT2D eigenvalue weighted by molar-refractivity contribution is 6.15. The molecule has 7 aromatic carbocycles. The Hall–Kier alpha value is -6.72.